The molecule has 1 saturated heterocycles. The third-order valence-corrected chi connectivity index (χ3v) is 5.12. The summed E-state index contributed by atoms with van der Waals surface area (Å²) in [7, 11) is 1.72. The molecule has 0 atom stereocenters. The normalized spacial score (nSPS) is 14.0. The predicted octanol–water partition coefficient (Wildman–Crippen LogP) is 2.86. The largest absolute Gasteiger partial charge is 0.495 e. The number of para-hydroxylation sites is 2. The summed E-state index contributed by atoms with van der Waals surface area (Å²) in [6.07, 6.45) is 2.66. The van der Waals surface area contributed by atoms with Gasteiger partial charge in [-0.1, -0.05) is 42.5 Å². The van der Waals surface area contributed by atoms with Crippen LogP contribution in [0.15, 0.2) is 60.8 Å². The first-order valence-electron chi connectivity index (χ1n) is 9.94. The van der Waals surface area contributed by atoms with Crippen LogP contribution in [0.5, 0.6) is 5.75 Å². The molecular formula is C22H26N6O. The van der Waals surface area contributed by atoms with Crippen molar-refractivity contribution in [2.75, 3.05) is 55.0 Å². The van der Waals surface area contributed by atoms with E-state index in [2.05, 4.69) is 60.6 Å². The molecular weight excluding hydrogens is 364 g/mol. The van der Waals surface area contributed by atoms with Gasteiger partial charge in [0, 0.05) is 32.7 Å². The summed E-state index contributed by atoms with van der Waals surface area (Å²) in [5.74, 6) is 2.35. The highest BCUT2D eigenvalue weighted by atomic mass is 16.5. The monoisotopic (exact) mass is 390 g/mol. The number of benzene rings is 2. The highest BCUT2D eigenvalue weighted by molar-refractivity contribution is 5.59. The van der Waals surface area contributed by atoms with Crippen molar-refractivity contribution in [2.24, 2.45) is 0 Å². The number of hydrogen-bond acceptors (Lipinski definition) is 7. The quantitative estimate of drug-likeness (QED) is 0.665. The first kappa shape index (κ1) is 19.0. The Bertz CT molecular complexity index is 912. The summed E-state index contributed by atoms with van der Waals surface area (Å²) < 4.78 is 5.50. The number of anilines is 3. The van der Waals surface area contributed by atoms with Gasteiger partial charge in [-0.15, -0.1) is 5.10 Å². The fourth-order valence-corrected chi connectivity index (χ4v) is 3.55. The van der Waals surface area contributed by atoms with Crippen LogP contribution in [0.25, 0.3) is 0 Å². The van der Waals surface area contributed by atoms with E-state index in [1.54, 1.807) is 13.3 Å². The standard InChI is InChI=1S/C22H26N6O/c1-29-20-10-6-5-9-19(20)27-13-15-28(16-14-27)21-17-24-26-22(25-21)23-12-11-18-7-3-2-4-8-18/h2-10,17H,11-16H2,1H3,(H,23,25,26). The number of piperazine rings is 1. The van der Waals surface area contributed by atoms with E-state index in [0.29, 0.717) is 5.95 Å². The van der Waals surface area contributed by atoms with Gasteiger partial charge in [-0.25, -0.2) is 0 Å². The van der Waals surface area contributed by atoms with Crippen LogP contribution >= 0.6 is 0 Å². The SMILES string of the molecule is COc1ccccc1N1CCN(c2cnnc(NCCc3ccccc3)n2)CC1. The van der Waals surface area contributed by atoms with Crippen LogP contribution in [0.3, 0.4) is 0 Å². The summed E-state index contributed by atoms with van der Waals surface area (Å²) in [4.78, 5) is 9.26. The Morgan fingerprint density at radius 2 is 1.66 bits per heavy atom. The van der Waals surface area contributed by atoms with E-state index in [-0.39, 0.29) is 0 Å². The fourth-order valence-electron chi connectivity index (χ4n) is 3.55. The number of nitrogens with zero attached hydrogens (tertiary/aromatic N) is 5. The van der Waals surface area contributed by atoms with E-state index >= 15 is 0 Å². The average molecular weight is 390 g/mol. The lowest BCUT2D eigenvalue weighted by Crippen LogP contribution is -2.47. The van der Waals surface area contributed by atoms with Crippen LogP contribution in [-0.4, -0.2) is 55.0 Å². The van der Waals surface area contributed by atoms with E-state index in [1.165, 1.54) is 5.56 Å². The molecule has 4 rings (SSSR count). The van der Waals surface area contributed by atoms with Crippen LogP contribution < -0.4 is 19.9 Å². The van der Waals surface area contributed by atoms with Crippen molar-refractivity contribution in [1.29, 1.82) is 0 Å². The van der Waals surface area contributed by atoms with Crippen LogP contribution in [0, 0.1) is 0 Å². The van der Waals surface area contributed by atoms with Crippen molar-refractivity contribution < 1.29 is 4.74 Å². The van der Waals surface area contributed by atoms with Gasteiger partial charge in [-0.3, -0.25) is 0 Å². The van der Waals surface area contributed by atoms with Crippen LogP contribution in [0.4, 0.5) is 17.5 Å². The molecule has 29 heavy (non-hydrogen) atoms. The Morgan fingerprint density at radius 1 is 0.931 bits per heavy atom. The minimum absolute atomic E-state index is 0.575. The maximum Gasteiger partial charge on any atom is 0.244 e. The number of ether oxygens (including phenoxy) is 1. The number of methoxy groups -OCH3 is 1. The highest BCUT2D eigenvalue weighted by Crippen LogP contribution is 2.28. The summed E-state index contributed by atoms with van der Waals surface area (Å²) in [5, 5.41) is 11.5. The first-order chi connectivity index (χ1) is 14.3. The number of aromatic nitrogens is 3. The van der Waals surface area contributed by atoms with Crippen LogP contribution in [0.2, 0.25) is 0 Å². The van der Waals surface area contributed by atoms with Gasteiger partial charge in [-0.2, -0.15) is 10.1 Å². The summed E-state index contributed by atoms with van der Waals surface area (Å²) >= 11 is 0. The third kappa shape index (κ3) is 4.74. The number of nitrogens with one attached hydrogen (secondary N) is 1. The van der Waals surface area contributed by atoms with Gasteiger partial charge in [0.2, 0.25) is 5.95 Å². The second-order valence-corrected chi connectivity index (χ2v) is 6.95. The third-order valence-electron chi connectivity index (χ3n) is 5.12. The summed E-state index contributed by atoms with van der Waals surface area (Å²) in [6.45, 7) is 4.33. The lowest BCUT2D eigenvalue weighted by Gasteiger charge is -2.37. The van der Waals surface area contributed by atoms with Gasteiger partial charge in [-0.05, 0) is 24.1 Å². The molecule has 7 heteroatoms. The zero-order chi connectivity index (χ0) is 19.9. The van der Waals surface area contributed by atoms with Gasteiger partial charge < -0.3 is 19.9 Å². The smallest absolute Gasteiger partial charge is 0.244 e. The maximum absolute atomic E-state index is 5.50. The van der Waals surface area contributed by atoms with Crippen molar-refractivity contribution in [3.05, 3.63) is 66.4 Å². The van der Waals surface area contributed by atoms with Gasteiger partial charge in [0.15, 0.2) is 5.82 Å². The minimum atomic E-state index is 0.575. The number of hydrogen-bond donors (Lipinski definition) is 1. The molecule has 1 fully saturated rings. The molecule has 2 aromatic carbocycles. The van der Waals surface area contributed by atoms with E-state index < -0.39 is 0 Å². The number of rotatable bonds is 7. The topological polar surface area (TPSA) is 66.4 Å². The van der Waals surface area contributed by atoms with Gasteiger partial charge in [0.05, 0.1) is 19.0 Å². The lowest BCUT2D eigenvalue weighted by atomic mass is 10.1. The van der Waals surface area contributed by atoms with E-state index in [4.69, 9.17) is 4.74 Å². The van der Waals surface area contributed by atoms with E-state index in [0.717, 1.165) is 56.4 Å². The summed E-state index contributed by atoms with van der Waals surface area (Å²) in [6, 6.07) is 18.5. The van der Waals surface area contributed by atoms with Crippen LogP contribution in [0.1, 0.15) is 5.56 Å². The first-order valence-corrected chi connectivity index (χ1v) is 9.94. The molecule has 150 valence electrons. The van der Waals surface area contributed by atoms with Crippen molar-refractivity contribution >= 4 is 17.5 Å². The molecule has 0 amide bonds. The minimum Gasteiger partial charge on any atom is -0.495 e. The Morgan fingerprint density at radius 3 is 2.45 bits per heavy atom. The molecule has 0 unspecified atom stereocenters. The zero-order valence-electron chi connectivity index (χ0n) is 16.7. The molecule has 0 aliphatic carbocycles. The molecule has 0 spiro atoms. The van der Waals surface area contributed by atoms with E-state index in [9.17, 15) is 0 Å². The van der Waals surface area contributed by atoms with Gasteiger partial charge in [0.1, 0.15) is 5.75 Å². The highest BCUT2D eigenvalue weighted by Gasteiger charge is 2.21. The Labute approximate surface area is 171 Å². The molecule has 0 bridgehead atoms. The van der Waals surface area contributed by atoms with Crippen LogP contribution in [-0.2, 0) is 6.42 Å². The van der Waals surface area contributed by atoms with E-state index in [1.807, 2.05) is 24.3 Å². The van der Waals surface area contributed by atoms with Gasteiger partial charge >= 0.3 is 0 Å². The van der Waals surface area contributed by atoms with Crippen molar-refractivity contribution in [1.82, 2.24) is 15.2 Å². The Hall–Kier alpha value is -3.35. The molecule has 0 saturated carbocycles. The molecule has 1 aromatic heterocycles. The van der Waals surface area contributed by atoms with Gasteiger partial charge in [0.25, 0.3) is 0 Å². The second-order valence-electron chi connectivity index (χ2n) is 6.95. The molecule has 1 N–H and O–H groups in total. The Balaban J connectivity index is 1.33. The molecule has 7 nitrogen and oxygen atoms in total. The lowest BCUT2D eigenvalue weighted by molar-refractivity contribution is 0.413. The molecule has 0 radical (unpaired) electrons. The van der Waals surface area contributed by atoms with Crippen molar-refractivity contribution in [3.63, 3.8) is 0 Å². The fraction of sp³-hybridized carbons (Fsp3) is 0.318. The average Bonchev–Trinajstić information content (AvgIpc) is 2.80. The van der Waals surface area contributed by atoms with Crippen molar-refractivity contribution in [2.45, 2.75) is 6.42 Å². The zero-order valence-corrected chi connectivity index (χ0v) is 16.7. The Kier molecular flexibility index (Phi) is 6.04. The maximum atomic E-state index is 5.50. The molecule has 3 aromatic rings. The van der Waals surface area contributed by atoms with Crippen molar-refractivity contribution in [3.8, 4) is 5.75 Å². The second kappa shape index (κ2) is 9.23. The predicted molar refractivity (Wildman–Crippen MR) is 116 cm³/mol. The molecule has 1 aliphatic heterocycles. The molecule has 1 aliphatic rings. The summed E-state index contributed by atoms with van der Waals surface area (Å²) in [5.41, 5.74) is 2.43. The molecule has 2 heterocycles.